The van der Waals surface area contributed by atoms with Crippen molar-refractivity contribution >= 4 is 21.7 Å². The Labute approximate surface area is 139 Å². The fraction of sp³-hybridized carbons (Fsp3) is 0.286. The summed E-state index contributed by atoms with van der Waals surface area (Å²) in [6.07, 6.45) is 0. The van der Waals surface area contributed by atoms with E-state index in [1.165, 1.54) is 18.2 Å². The third-order valence-electron chi connectivity index (χ3n) is 3.08. The second-order valence-electron chi connectivity index (χ2n) is 5.27. The summed E-state index contributed by atoms with van der Waals surface area (Å²) < 4.78 is 27.0. The molecule has 2 rings (SSSR count). The van der Waals surface area contributed by atoms with E-state index in [2.05, 4.69) is 14.7 Å². The van der Waals surface area contributed by atoms with Crippen molar-refractivity contribution in [2.45, 2.75) is 18.4 Å². The highest BCUT2D eigenvalue weighted by atomic mass is 32.2. The number of nitro benzene ring substituents is 1. The standard InChI is InChI=1S/C14H17N5O4S/c1-10-7-11(17-14(16-10)18(2)3)9-15-24(22,23)13-6-4-5-12(8-13)19(20)21/h4-8,15H,9H2,1-3H3. The first-order chi connectivity index (χ1) is 11.2. The van der Waals surface area contributed by atoms with Crippen LogP contribution in [0.25, 0.3) is 0 Å². The molecule has 0 amide bonds. The lowest BCUT2D eigenvalue weighted by atomic mass is 10.3. The minimum Gasteiger partial charge on any atom is -0.347 e. The molecule has 1 aromatic heterocycles. The zero-order chi connectivity index (χ0) is 17.9. The second-order valence-corrected chi connectivity index (χ2v) is 7.04. The van der Waals surface area contributed by atoms with Crippen LogP contribution >= 0.6 is 0 Å². The largest absolute Gasteiger partial charge is 0.347 e. The van der Waals surface area contributed by atoms with Crippen LogP contribution < -0.4 is 9.62 Å². The molecule has 0 aliphatic rings. The summed E-state index contributed by atoms with van der Waals surface area (Å²) in [5, 5.41) is 10.8. The quantitative estimate of drug-likeness (QED) is 0.614. The number of benzene rings is 1. The second kappa shape index (κ2) is 6.89. The predicted octanol–water partition coefficient (Wildman–Crippen LogP) is 1.24. The predicted molar refractivity (Wildman–Crippen MR) is 88.2 cm³/mol. The van der Waals surface area contributed by atoms with Crippen LogP contribution in [0.5, 0.6) is 0 Å². The molecule has 0 fully saturated rings. The fourth-order valence-electron chi connectivity index (χ4n) is 1.92. The van der Waals surface area contributed by atoms with Crippen LogP contribution in [0.3, 0.4) is 0 Å². The number of nitro groups is 1. The first-order valence-corrected chi connectivity index (χ1v) is 8.43. The van der Waals surface area contributed by atoms with E-state index in [4.69, 9.17) is 0 Å². The summed E-state index contributed by atoms with van der Waals surface area (Å²) in [5.41, 5.74) is 0.920. The molecule has 128 valence electrons. The van der Waals surface area contributed by atoms with Gasteiger partial charge in [-0.2, -0.15) is 0 Å². The SMILES string of the molecule is Cc1cc(CNS(=O)(=O)c2cccc([N+](=O)[O-])c2)nc(N(C)C)n1. The van der Waals surface area contributed by atoms with Crippen molar-refractivity contribution in [1.29, 1.82) is 0 Å². The van der Waals surface area contributed by atoms with Crippen LogP contribution in [0.2, 0.25) is 0 Å². The number of hydrogen-bond acceptors (Lipinski definition) is 7. The normalized spacial score (nSPS) is 11.3. The van der Waals surface area contributed by atoms with Crippen molar-refractivity contribution in [2.24, 2.45) is 0 Å². The summed E-state index contributed by atoms with van der Waals surface area (Å²) in [4.78, 5) is 20.2. The van der Waals surface area contributed by atoms with E-state index in [9.17, 15) is 18.5 Å². The Kier molecular flexibility index (Phi) is 5.10. The number of rotatable bonds is 6. The number of nitrogens with zero attached hydrogens (tertiary/aromatic N) is 4. The van der Waals surface area contributed by atoms with Crippen LogP contribution in [-0.4, -0.2) is 37.4 Å². The topological polar surface area (TPSA) is 118 Å². The van der Waals surface area contributed by atoms with Crippen molar-refractivity contribution in [3.63, 3.8) is 0 Å². The molecule has 1 heterocycles. The van der Waals surface area contributed by atoms with Gasteiger partial charge in [0, 0.05) is 31.9 Å². The number of anilines is 1. The number of hydrogen-bond donors (Lipinski definition) is 1. The third kappa shape index (κ3) is 4.24. The highest BCUT2D eigenvalue weighted by molar-refractivity contribution is 7.89. The van der Waals surface area contributed by atoms with Gasteiger partial charge in [0.25, 0.3) is 5.69 Å². The first-order valence-electron chi connectivity index (χ1n) is 6.95. The molecule has 9 nitrogen and oxygen atoms in total. The number of nitrogens with one attached hydrogen (secondary N) is 1. The molecular formula is C14H17N5O4S. The maximum atomic E-state index is 12.3. The van der Waals surface area contributed by atoms with Crippen molar-refractivity contribution < 1.29 is 13.3 Å². The van der Waals surface area contributed by atoms with Crippen molar-refractivity contribution in [3.05, 3.63) is 51.8 Å². The Morgan fingerprint density at radius 3 is 2.58 bits per heavy atom. The Morgan fingerprint density at radius 2 is 1.96 bits per heavy atom. The molecule has 0 spiro atoms. The Hall–Kier alpha value is -2.59. The lowest BCUT2D eigenvalue weighted by molar-refractivity contribution is -0.385. The molecule has 1 aromatic carbocycles. The Bertz CT molecular complexity index is 867. The van der Waals surface area contributed by atoms with E-state index in [0.717, 1.165) is 6.07 Å². The van der Waals surface area contributed by atoms with Gasteiger partial charge in [0.1, 0.15) is 0 Å². The lowest BCUT2D eigenvalue weighted by Crippen LogP contribution is -2.24. The lowest BCUT2D eigenvalue weighted by Gasteiger charge is -2.13. The average Bonchev–Trinajstić information content (AvgIpc) is 2.52. The number of aromatic nitrogens is 2. The van der Waals surface area contributed by atoms with Gasteiger partial charge in [-0.15, -0.1) is 0 Å². The summed E-state index contributed by atoms with van der Waals surface area (Å²) >= 11 is 0. The molecular weight excluding hydrogens is 334 g/mol. The molecule has 1 N–H and O–H groups in total. The molecule has 0 saturated heterocycles. The van der Waals surface area contributed by atoms with Gasteiger partial charge in [-0.3, -0.25) is 10.1 Å². The zero-order valence-corrected chi connectivity index (χ0v) is 14.2. The minimum absolute atomic E-state index is 0.0464. The van der Waals surface area contributed by atoms with E-state index < -0.39 is 14.9 Å². The Morgan fingerprint density at radius 1 is 1.25 bits per heavy atom. The molecule has 0 unspecified atom stereocenters. The highest BCUT2D eigenvalue weighted by Crippen LogP contribution is 2.17. The van der Waals surface area contributed by atoms with Crippen LogP contribution in [0.15, 0.2) is 35.2 Å². The van der Waals surface area contributed by atoms with Crippen LogP contribution in [0, 0.1) is 17.0 Å². The third-order valence-corrected chi connectivity index (χ3v) is 4.48. The summed E-state index contributed by atoms with van der Waals surface area (Å²) in [5.74, 6) is 0.472. The van der Waals surface area contributed by atoms with Crippen LogP contribution in [-0.2, 0) is 16.6 Å². The van der Waals surface area contributed by atoms with Gasteiger partial charge in [0.05, 0.1) is 22.1 Å². The molecule has 0 radical (unpaired) electrons. The molecule has 2 aromatic rings. The molecule has 0 atom stereocenters. The van der Waals surface area contributed by atoms with E-state index in [1.807, 2.05) is 0 Å². The number of non-ortho nitro benzene ring substituents is 1. The number of sulfonamides is 1. The molecule has 0 bridgehead atoms. The van der Waals surface area contributed by atoms with Gasteiger partial charge in [-0.25, -0.2) is 23.1 Å². The van der Waals surface area contributed by atoms with E-state index in [1.54, 1.807) is 32.0 Å². The molecule has 24 heavy (non-hydrogen) atoms. The van der Waals surface area contributed by atoms with Gasteiger partial charge >= 0.3 is 0 Å². The molecule has 0 aliphatic carbocycles. The van der Waals surface area contributed by atoms with Crippen LogP contribution in [0.1, 0.15) is 11.4 Å². The first kappa shape index (κ1) is 17.8. The Balaban J connectivity index is 2.22. The minimum atomic E-state index is -3.89. The maximum absolute atomic E-state index is 12.3. The smallest absolute Gasteiger partial charge is 0.270 e. The van der Waals surface area contributed by atoms with Crippen LogP contribution in [0.4, 0.5) is 11.6 Å². The van der Waals surface area contributed by atoms with Gasteiger partial charge in [0.2, 0.25) is 16.0 Å². The fourth-order valence-corrected chi connectivity index (χ4v) is 2.96. The van der Waals surface area contributed by atoms with Gasteiger partial charge in [-0.05, 0) is 19.1 Å². The van der Waals surface area contributed by atoms with Gasteiger partial charge in [0.15, 0.2) is 0 Å². The summed E-state index contributed by atoms with van der Waals surface area (Å²) in [6.45, 7) is 1.74. The molecule has 0 aliphatic heterocycles. The average molecular weight is 351 g/mol. The molecule has 0 saturated carbocycles. The van der Waals surface area contributed by atoms with Gasteiger partial charge in [-0.1, -0.05) is 6.07 Å². The monoisotopic (exact) mass is 351 g/mol. The van der Waals surface area contributed by atoms with Crippen molar-refractivity contribution in [1.82, 2.24) is 14.7 Å². The zero-order valence-electron chi connectivity index (χ0n) is 13.4. The highest BCUT2D eigenvalue weighted by Gasteiger charge is 2.18. The van der Waals surface area contributed by atoms with Crippen molar-refractivity contribution in [3.8, 4) is 0 Å². The van der Waals surface area contributed by atoms with Gasteiger partial charge < -0.3 is 4.90 Å². The summed E-state index contributed by atoms with van der Waals surface area (Å²) in [6, 6.07) is 6.54. The van der Waals surface area contributed by atoms with E-state index in [-0.39, 0.29) is 17.1 Å². The summed E-state index contributed by atoms with van der Waals surface area (Å²) in [7, 11) is -0.322. The maximum Gasteiger partial charge on any atom is 0.270 e. The van der Waals surface area contributed by atoms with Crippen molar-refractivity contribution in [2.75, 3.05) is 19.0 Å². The van der Waals surface area contributed by atoms with E-state index >= 15 is 0 Å². The van der Waals surface area contributed by atoms with E-state index in [0.29, 0.717) is 17.3 Å². The molecule has 10 heteroatoms. The number of aryl methyl sites for hydroxylation is 1.